The zero-order valence-electron chi connectivity index (χ0n) is 9.22. The third-order valence-electron chi connectivity index (χ3n) is 3.01. The van der Waals surface area contributed by atoms with Gasteiger partial charge < -0.3 is 4.90 Å². The van der Waals surface area contributed by atoms with Crippen LogP contribution in [0, 0.1) is 0 Å². The lowest BCUT2D eigenvalue weighted by molar-refractivity contribution is 1.22. The van der Waals surface area contributed by atoms with E-state index in [2.05, 4.69) is 72.8 Å². The highest BCUT2D eigenvalue weighted by Gasteiger charge is 2.12. The van der Waals surface area contributed by atoms with Crippen molar-refractivity contribution in [2.45, 2.75) is 0 Å². The van der Waals surface area contributed by atoms with Crippen LogP contribution in [-0.2, 0) is 0 Å². The molecule has 78 valence electrons. The van der Waals surface area contributed by atoms with Crippen LogP contribution in [0.5, 0.6) is 0 Å². The molecule has 2 aromatic rings. The third kappa shape index (κ3) is 1.33. The molecular formula is C15H13N. The molecule has 16 heavy (non-hydrogen) atoms. The molecule has 0 bridgehead atoms. The monoisotopic (exact) mass is 207 g/mol. The first-order valence-electron chi connectivity index (χ1n) is 5.46. The number of fused-ring (bicyclic) bond motifs is 3. The number of hydrogen-bond acceptors (Lipinski definition) is 1. The molecule has 0 radical (unpaired) electrons. The van der Waals surface area contributed by atoms with Crippen molar-refractivity contribution in [2.24, 2.45) is 0 Å². The zero-order chi connectivity index (χ0) is 11.0. The molecule has 0 fully saturated rings. The van der Waals surface area contributed by atoms with E-state index in [1.165, 1.54) is 22.4 Å². The van der Waals surface area contributed by atoms with Gasteiger partial charge in [-0.05, 0) is 23.3 Å². The second-order valence-corrected chi connectivity index (χ2v) is 4.03. The largest absolute Gasteiger partial charge is 0.351 e. The van der Waals surface area contributed by atoms with Crippen LogP contribution in [0.4, 0.5) is 5.69 Å². The average molecular weight is 207 g/mol. The maximum Gasteiger partial charge on any atom is 0.0483 e. The molecule has 0 atom stereocenters. The van der Waals surface area contributed by atoms with E-state index in [4.69, 9.17) is 0 Å². The summed E-state index contributed by atoms with van der Waals surface area (Å²) in [5.41, 5.74) is 5.13. The molecule has 1 heterocycles. The minimum Gasteiger partial charge on any atom is -0.351 e. The standard InChI is InChI=1S/C15H13N/c1-16-11-10-12-6-2-3-7-13(12)14-8-4-5-9-15(14)16/h2-11H,1H3. The predicted octanol–water partition coefficient (Wildman–Crippen LogP) is 3.77. The van der Waals surface area contributed by atoms with Gasteiger partial charge in [-0.15, -0.1) is 0 Å². The minimum absolute atomic E-state index is 1.25. The molecule has 0 N–H and O–H groups in total. The highest BCUT2D eigenvalue weighted by Crippen LogP contribution is 2.35. The molecule has 1 nitrogen and oxygen atoms in total. The van der Waals surface area contributed by atoms with E-state index < -0.39 is 0 Å². The summed E-state index contributed by atoms with van der Waals surface area (Å²) in [4.78, 5) is 2.16. The first-order valence-corrected chi connectivity index (χ1v) is 5.46. The number of para-hydroxylation sites is 1. The molecule has 0 unspecified atom stereocenters. The Labute approximate surface area is 95.6 Å². The first-order chi connectivity index (χ1) is 7.86. The van der Waals surface area contributed by atoms with Gasteiger partial charge in [0.2, 0.25) is 0 Å². The van der Waals surface area contributed by atoms with E-state index in [0.717, 1.165) is 0 Å². The number of benzene rings is 2. The van der Waals surface area contributed by atoms with E-state index in [-0.39, 0.29) is 0 Å². The molecule has 1 aliphatic heterocycles. The molecule has 0 amide bonds. The fourth-order valence-corrected chi connectivity index (χ4v) is 2.17. The number of anilines is 1. The summed E-state index contributed by atoms with van der Waals surface area (Å²) in [7, 11) is 2.08. The summed E-state index contributed by atoms with van der Waals surface area (Å²) in [6, 6.07) is 17.0. The lowest BCUT2D eigenvalue weighted by atomic mass is 9.99. The van der Waals surface area contributed by atoms with Crippen molar-refractivity contribution >= 4 is 11.8 Å². The van der Waals surface area contributed by atoms with Gasteiger partial charge in [0.1, 0.15) is 0 Å². The van der Waals surface area contributed by atoms with Crippen LogP contribution in [-0.4, -0.2) is 7.05 Å². The highest BCUT2D eigenvalue weighted by atomic mass is 15.1. The Balaban J connectivity index is 2.34. The Kier molecular flexibility index (Phi) is 2.03. The topological polar surface area (TPSA) is 3.24 Å². The first kappa shape index (κ1) is 9.22. The molecule has 1 aliphatic rings. The fraction of sp³-hybridized carbons (Fsp3) is 0.0667. The zero-order valence-corrected chi connectivity index (χ0v) is 9.22. The molecular weight excluding hydrogens is 194 g/mol. The highest BCUT2D eigenvalue weighted by molar-refractivity contribution is 5.87. The molecule has 1 heteroatoms. The quantitative estimate of drug-likeness (QED) is 0.635. The van der Waals surface area contributed by atoms with Crippen molar-refractivity contribution in [1.29, 1.82) is 0 Å². The smallest absolute Gasteiger partial charge is 0.0483 e. The summed E-state index contributed by atoms with van der Waals surface area (Å²) in [6.45, 7) is 0. The van der Waals surface area contributed by atoms with Crippen LogP contribution < -0.4 is 4.90 Å². The minimum atomic E-state index is 1.25. The molecule has 0 spiro atoms. The van der Waals surface area contributed by atoms with E-state index in [9.17, 15) is 0 Å². The summed E-state index contributed by atoms with van der Waals surface area (Å²) < 4.78 is 0. The Morgan fingerprint density at radius 2 is 1.50 bits per heavy atom. The van der Waals surface area contributed by atoms with Crippen molar-refractivity contribution < 1.29 is 0 Å². The molecule has 2 aromatic carbocycles. The lowest BCUT2D eigenvalue weighted by Gasteiger charge is -2.16. The molecule has 0 saturated heterocycles. The second kappa shape index (κ2) is 3.53. The van der Waals surface area contributed by atoms with Crippen molar-refractivity contribution in [3.63, 3.8) is 0 Å². The summed E-state index contributed by atoms with van der Waals surface area (Å²) >= 11 is 0. The molecule has 0 aliphatic carbocycles. The van der Waals surface area contributed by atoms with Crippen molar-refractivity contribution in [1.82, 2.24) is 0 Å². The van der Waals surface area contributed by atoms with Gasteiger partial charge in [-0.3, -0.25) is 0 Å². The summed E-state index contributed by atoms with van der Waals surface area (Å²) in [5, 5.41) is 0. The van der Waals surface area contributed by atoms with E-state index in [1.807, 2.05) is 0 Å². The maximum atomic E-state index is 2.18. The van der Waals surface area contributed by atoms with Crippen LogP contribution in [0.3, 0.4) is 0 Å². The van der Waals surface area contributed by atoms with E-state index in [0.29, 0.717) is 0 Å². The van der Waals surface area contributed by atoms with Crippen LogP contribution in [0.15, 0.2) is 54.7 Å². The van der Waals surface area contributed by atoms with Crippen LogP contribution in [0.1, 0.15) is 5.56 Å². The maximum absolute atomic E-state index is 2.18. The Morgan fingerprint density at radius 1 is 0.812 bits per heavy atom. The van der Waals surface area contributed by atoms with Crippen molar-refractivity contribution in [2.75, 3.05) is 11.9 Å². The SMILES string of the molecule is CN1C=Cc2ccccc2-c2ccccc21. The van der Waals surface area contributed by atoms with Gasteiger partial charge in [0.05, 0.1) is 0 Å². The Morgan fingerprint density at radius 3 is 2.38 bits per heavy atom. The normalized spacial score (nSPS) is 12.9. The Hall–Kier alpha value is -2.02. The fourth-order valence-electron chi connectivity index (χ4n) is 2.17. The summed E-state index contributed by atoms with van der Waals surface area (Å²) in [6.07, 6.45) is 4.28. The van der Waals surface area contributed by atoms with Gasteiger partial charge in [0.15, 0.2) is 0 Å². The van der Waals surface area contributed by atoms with Gasteiger partial charge >= 0.3 is 0 Å². The summed E-state index contributed by atoms with van der Waals surface area (Å²) in [5.74, 6) is 0. The van der Waals surface area contributed by atoms with Crippen molar-refractivity contribution in [3.05, 3.63) is 60.3 Å². The van der Waals surface area contributed by atoms with Crippen LogP contribution >= 0.6 is 0 Å². The van der Waals surface area contributed by atoms with Crippen LogP contribution in [0.2, 0.25) is 0 Å². The second-order valence-electron chi connectivity index (χ2n) is 4.03. The van der Waals surface area contributed by atoms with Crippen molar-refractivity contribution in [3.8, 4) is 11.1 Å². The van der Waals surface area contributed by atoms with Gasteiger partial charge in [0.25, 0.3) is 0 Å². The van der Waals surface area contributed by atoms with Gasteiger partial charge in [-0.1, -0.05) is 42.5 Å². The van der Waals surface area contributed by atoms with Gasteiger partial charge in [-0.25, -0.2) is 0 Å². The molecule has 0 aromatic heterocycles. The van der Waals surface area contributed by atoms with Gasteiger partial charge in [-0.2, -0.15) is 0 Å². The van der Waals surface area contributed by atoms with Gasteiger partial charge in [0, 0.05) is 24.5 Å². The molecule has 3 rings (SSSR count). The number of nitrogens with zero attached hydrogens (tertiary/aromatic N) is 1. The number of hydrogen-bond donors (Lipinski definition) is 0. The predicted molar refractivity (Wildman–Crippen MR) is 69.3 cm³/mol. The average Bonchev–Trinajstić information content (AvgIpc) is 2.49. The lowest BCUT2D eigenvalue weighted by Crippen LogP contribution is -2.07. The van der Waals surface area contributed by atoms with Crippen LogP contribution in [0.25, 0.3) is 17.2 Å². The van der Waals surface area contributed by atoms with E-state index >= 15 is 0 Å². The number of rotatable bonds is 0. The van der Waals surface area contributed by atoms with E-state index in [1.54, 1.807) is 0 Å². The Bertz CT molecular complexity index is 555. The molecule has 0 saturated carbocycles. The third-order valence-corrected chi connectivity index (χ3v) is 3.01.